The molecule has 0 aliphatic carbocycles. The van der Waals surface area contributed by atoms with Crippen LogP contribution >= 0.6 is 11.3 Å². The average molecular weight is 378 g/mol. The molecule has 0 saturated heterocycles. The maximum atomic E-state index is 11.7. The number of para-hydroxylation sites is 1. The number of nitrogens with zero attached hydrogens (tertiary/aromatic N) is 2. The molecule has 3 aromatic rings. The second kappa shape index (κ2) is 8.47. The number of ether oxygens (including phenoxy) is 1. The Kier molecular flexibility index (Phi) is 5.84. The highest BCUT2D eigenvalue weighted by molar-refractivity contribution is 7.17. The molecular weight excluding hydrogens is 360 g/mol. The molecule has 1 aromatic heterocycles. The van der Waals surface area contributed by atoms with Crippen molar-refractivity contribution in [2.45, 2.75) is 13.3 Å². The van der Waals surface area contributed by atoms with Crippen molar-refractivity contribution in [1.82, 2.24) is 4.98 Å². The summed E-state index contributed by atoms with van der Waals surface area (Å²) in [7, 11) is 0. The number of aromatic carboxylic acids is 1. The van der Waals surface area contributed by atoms with Crippen LogP contribution in [-0.4, -0.2) is 22.7 Å². The third-order valence-corrected chi connectivity index (χ3v) is 5.03. The van der Waals surface area contributed by atoms with E-state index >= 15 is 0 Å². The Hall–Kier alpha value is -3.17. The summed E-state index contributed by atoms with van der Waals surface area (Å²) in [6, 6.07) is 18.8. The number of hydrogen-bond donors (Lipinski definition) is 1. The van der Waals surface area contributed by atoms with E-state index < -0.39 is 5.97 Å². The molecule has 3 rings (SSSR count). The van der Waals surface area contributed by atoms with Crippen molar-refractivity contribution in [3.05, 3.63) is 59.5 Å². The third kappa shape index (κ3) is 4.33. The molecule has 0 spiro atoms. The molecule has 2 aromatic carbocycles. The van der Waals surface area contributed by atoms with E-state index in [4.69, 9.17) is 10.00 Å². The fourth-order valence-electron chi connectivity index (χ4n) is 2.59. The predicted octanol–water partition coefficient (Wildman–Crippen LogP) is 5.10. The number of hydrogen-bond acceptors (Lipinski definition) is 5. The Morgan fingerprint density at radius 2 is 1.93 bits per heavy atom. The molecule has 5 nitrogen and oxygen atoms in total. The summed E-state index contributed by atoms with van der Waals surface area (Å²) in [5.74, 6) is -0.264. The van der Waals surface area contributed by atoms with Crippen LogP contribution in [0.15, 0.2) is 54.6 Å². The lowest BCUT2D eigenvalue weighted by atomic mass is 10.1. The predicted molar refractivity (Wildman–Crippen MR) is 105 cm³/mol. The van der Waals surface area contributed by atoms with Crippen LogP contribution in [-0.2, 0) is 0 Å². The minimum Gasteiger partial charge on any atom is -0.493 e. The number of carboxylic acid groups (broad SMARTS) is 1. The summed E-state index contributed by atoms with van der Waals surface area (Å²) in [6.07, 6.45) is 0.417. The molecule has 136 valence electrons. The SMILES string of the molecule is CC(CC#N)COc1ccccc1-c1nc(-c2ccccc2)c(C(=O)O)s1. The summed E-state index contributed by atoms with van der Waals surface area (Å²) in [6.45, 7) is 2.36. The molecule has 1 N–H and O–H groups in total. The fourth-order valence-corrected chi connectivity index (χ4v) is 3.54. The fraction of sp³-hybridized carbons (Fsp3) is 0.190. The molecule has 0 amide bonds. The van der Waals surface area contributed by atoms with Gasteiger partial charge in [0, 0.05) is 17.9 Å². The smallest absolute Gasteiger partial charge is 0.348 e. The molecule has 0 radical (unpaired) electrons. The zero-order chi connectivity index (χ0) is 19.2. The molecule has 1 heterocycles. The standard InChI is InChI=1S/C21H18N2O3S/c1-14(11-12-22)13-26-17-10-6-5-9-16(17)20-23-18(19(27-20)21(24)25)15-7-3-2-4-8-15/h2-10,14H,11,13H2,1H3,(H,24,25). The van der Waals surface area contributed by atoms with Crippen LogP contribution in [0.1, 0.15) is 23.0 Å². The van der Waals surface area contributed by atoms with Crippen molar-refractivity contribution in [2.24, 2.45) is 5.92 Å². The maximum Gasteiger partial charge on any atom is 0.348 e. The zero-order valence-electron chi connectivity index (χ0n) is 14.8. The van der Waals surface area contributed by atoms with Gasteiger partial charge in [0.05, 0.1) is 23.9 Å². The van der Waals surface area contributed by atoms with Gasteiger partial charge in [-0.1, -0.05) is 49.4 Å². The topological polar surface area (TPSA) is 83.2 Å². The second-order valence-electron chi connectivity index (χ2n) is 6.14. The minimum atomic E-state index is -1.00. The van der Waals surface area contributed by atoms with Crippen molar-refractivity contribution in [1.29, 1.82) is 5.26 Å². The Morgan fingerprint density at radius 3 is 2.63 bits per heavy atom. The normalized spacial score (nSPS) is 11.6. The van der Waals surface area contributed by atoms with Crippen LogP contribution in [0.2, 0.25) is 0 Å². The Balaban J connectivity index is 1.98. The minimum absolute atomic E-state index is 0.105. The first kappa shape index (κ1) is 18.6. The second-order valence-corrected chi connectivity index (χ2v) is 7.14. The third-order valence-electron chi connectivity index (χ3n) is 3.95. The number of nitriles is 1. The molecule has 6 heteroatoms. The monoisotopic (exact) mass is 378 g/mol. The molecular formula is C21H18N2O3S. The Bertz CT molecular complexity index is 977. The van der Waals surface area contributed by atoms with E-state index in [2.05, 4.69) is 11.1 Å². The van der Waals surface area contributed by atoms with E-state index in [1.165, 1.54) is 0 Å². The number of thiazole rings is 1. The summed E-state index contributed by atoms with van der Waals surface area (Å²) >= 11 is 1.13. The van der Waals surface area contributed by atoms with E-state index in [1.54, 1.807) is 0 Å². The molecule has 0 aliphatic rings. The van der Waals surface area contributed by atoms with E-state index in [-0.39, 0.29) is 10.8 Å². The molecule has 0 bridgehead atoms. The van der Waals surface area contributed by atoms with Gasteiger partial charge in [-0.05, 0) is 12.1 Å². The number of benzene rings is 2. The van der Waals surface area contributed by atoms with Gasteiger partial charge in [0.2, 0.25) is 0 Å². The highest BCUT2D eigenvalue weighted by Gasteiger charge is 2.21. The zero-order valence-corrected chi connectivity index (χ0v) is 15.6. The van der Waals surface area contributed by atoms with Gasteiger partial charge in [-0.2, -0.15) is 5.26 Å². The average Bonchev–Trinajstić information content (AvgIpc) is 3.13. The number of aromatic nitrogens is 1. The van der Waals surface area contributed by atoms with E-state index in [9.17, 15) is 9.90 Å². The van der Waals surface area contributed by atoms with Crippen molar-refractivity contribution in [3.63, 3.8) is 0 Å². The number of rotatable bonds is 7. The summed E-state index contributed by atoms with van der Waals surface area (Å²) < 4.78 is 5.89. The van der Waals surface area contributed by atoms with Crippen molar-refractivity contribution >= 4 is 17.3 Å². The summed E-state index contributed by atoms with van der Waals surface area (Å²) in [5.41, 5.74) is 1.96. The number of carbonyl (C=O) groups is 1. The van der Waals surface area contributed by atoms with Crippen LogP contribution in [0.4, 0.5) is 0 Å². The van der Waals surface area contributed by atoms with E-state index in [1.807, 2.05) is 61.5 Å². The molecule has 0 aliphatic heterocycles. The van der Waals surface area contributed by atoms with Gasteiger partial charge in [-0.15, -0.1) is 11.3 Å². The Labute approximate surface area is 161 Å². The molecule has 27 heavy (non-hydrogen) atoms. The van der Waals surface area contributed by atoms with Gasteiger partial charge in [-0.3, -0.25) is 0 Å². The molecule has 0 fully saturated rings. The van der Waals surface area contributed by atoms with E-state index in [0.717, 1.165) is 22.5 Å². The largest absolute Gasteiger partial charge is 0.493 e. The lowest BCUT2D eigenvalue weighted by molar-refractivity contribution is 0.0702. The van der Waals surface area contributed by atoms with Crippen molar-refractivity contribution in [3.8, 4) is 33.6 Å². The van der Waals surface area contributed by atoms with Crippen LogP contribution in [0.25, 0.3) is 21.8 Å². The van der Waals surface area contributed by atoms with Gasteiger partial charge < -0.3 is 9.84 Å². The summed E-state index contributed by atoms with van der Waals surface area (Å²) in [5, 5.41) is 19.0. The van der Waals surface area contributed by atoms with Crippen molar-refractivity contribution in [2.75, 3.05) is 6.61 Å². The molecule has 1 unspecified atom stereocenters. The van der Waals surface area contributed by atoms with Gasteiger partial charge in [0.15, 0.2) is 0 Å². The highest BCUT2D eigenvalue weighted by atomic mass is 32.1. The first-order valence-corrected chi connectivity index (χ1v) is 9.30. The Morgan fingerprint density at radius 1 is 1.22 bits per heavy atom. The molecule has 1 atom stereocenters. The van der Waals surface area contributed by atoms with Crippen molar-refractivity contribution < 1.29 is 14.6 Å². The van der Waals surface area contributed by atoms with Crippen LogP contribution in [0.5, 0.6) is 5.75 Å². The summed E-state index contributed by atoms with van der Waals surface area (Å²) in [4.78, 5) is 16.5. The van der Waals surface area contributed by atoms with Gasteiger partial charge in [0.25, 0.3) is 0 Å². The lowest BCUT2D eigenvalue weighted by Gasteiger charge is -2.12. The lowest BCUT2D eigenvalue weighted by Crippen LogP contribution is -2.08. The van der Waals surface area contributed by atoms with Gasteiger partial charge >= 0.3 is 5.97 Å². The van der Waals surface area contributed by atoms with Crippen LogP contribution in [0.3, 0.4) is 0 Å². The highest BCUT2D eigenvalue weighted by Crippen LogP contribution is 2.38. The first-order valence-electron chi connectivity index (χ1n) is 8.49. The maximum absolute atomic E-state index is 11.7. The quantitative estimate of drug-likeness (QED) is 0.618. The molecule has 0 saturated carbocycles. The van der Waals surface area contributed by atoms with Crippen LogP contribution < -0.4 is 4.74 Å². The van der Waals surface area contributed by atoms with Gasteiger partial charge in [0.1, 0.15) is 15.6 Å². The van der Waals surface area contributed by atoms with Gasteiger partial charge in [-0.25, -0.2) is 9.78 Å². The van der Waals surface area contributed by atoms with E-state index in [0.29, 0.717) is 29.5 Å². The number of carboxylic acids is 1. The first-order chi connectivity index (χ1) is 13.1. The van der Waals surface area contributed by atoms with Crippen LogP contribution in [0, 0.1) is 17.2 Å².